The quantitative estimate of drug-likeness (QED) is 0.180. The topological polar surface area (TPSA) is 17.0 Å². The number of hydrogen-bond acceptors (Lipinski definition) is 2. The highest BCUT2D eigenvalue weighted by atomic mass is 32.1. The summed E-state index contributed by atoms with van der Waals surface area (Å²) < 4.78 is 3.67. The van der Waals surface area contributed by atoms with Crippen LogP contribution in [0.2, 0.25) is 0 Å². The van der Waals surface area contributed by atoms with Crippen LogP contribution in [0.4, 0.5) is 0 Å². The predicted octanol–water partition coefficient (Wildman–Crippen LogP) is 10.2. The molecular formula is C40H30N2S. The molecular weight excluding hydrogens is 541 g/mol. The molecule has 206 valence electrons. The maximum Gasteiger partial charge on any atom is 0.0556 e. The molecule has 1 N–H and O–H groups in total. The number of hydrogen-bond donors (Lipinski definition) is 1. The lowest BCUT2D eigenvalue weighted by molar-refractivity contribution is 0.693. The number of allylic oxidation sites excluding steroid dienone is 1. The van der Waals surface area contributed by atoms with Gasteiger partial charge in [-0.05, 0) is 58.7 Å². The van der Waals surface area contributed by atoms with Gasteiger partial charge in [0.05, 0.1) is 16.7 Å². The number of fused-ring (bicyclic) bond motifs is 5. The van der Waals surface area contributed by atoms with Crippen LogP contribution in [0, 0.1) is 12.3 Å². The zero-order chi connectivity index (χ0) is 29.2. The van der Waals surface area contributed by atoms with Crippen molar-refractivity contribution in [2.45, 2.75) is 13.1 Å². The number of thiophene rings is 1. The molecule has 0 fully saturated rings. The van der Waals surface area contributed by atoms with Crippen LogP contribution in [-0.4, -0.2) is 4.57 Å². The van der Waals surface area contributed by atoms with Crippen LogP contribution in [0.25, 0.3) is 60.9 Å². The van der Waals surface area contributed by atoms with E-state index in [1.54, 1.807) is 17.4 Å². The van der Waals surface area contributed by atoms with Crippen molar-refractivity contribution in [3.8, 4) is 29.2 Å². The fourth-order valence-corrected chi connectivity index (χ4v) is 7.33. The van der Waals surface area contributed by atoms with E-state index in [1.165, 1.54) is 54.1 Å². The molecule has 0 saturated heterocycles. The second kappa shape index (κ2) is 11.6. The molecule has 43 heavy (non-hydrogen) atoms. The number of para-hydroxylation sites is 2. The molecule has 7 rings (SSSR count). The molecule has 7 aromatic rings. The number of aromatic nitrogens is 1. The van der Waals surface area contributed by atoms with Crippen molar-refractivity contribution in [1.82, 2.24) is 9.88 Å². The van der Waals surface area contributed by atoms with Crippen molar-refractivity contribution in [3.05, 3.63) is 149 Å². The number of terminal acetylenes is 1. The average molecular weight is 571 g/mol. The van der Waals surface area contributed by atoms with Crippen LogP contribution in [0.15, 0.2) is 128 Å². The van der Waals surface area contributed by atoms with Crippen molar-refractivity contribution < 1.29 is 0 Å². The van der Waals surface area contributed by atoms with E-state index in [2.05, 4.69) is 138 Å². The highest BCUT2D eigenvalue weighted by Crippen LogP contribution is 2.44. The van der Waals surface area contributed by atoms with Gasteiger partial charge in [0.2, 0.25) is 0 Å². The standard InChI is InChI=1S/C40H30N2S/c1-3-5-22-38-31(4-2)33-23-24-37-39(40(33)43-38)34-19-10-12-21-36(34)42(37)35-20-11-9-18-32(35)30-17-13-16-29(25-30)27-41-26-28-14-7-6-8-15-28/h1,4-25,41H,2,26-27H2/b22-5-. The van der Waals surface area contributed by atoms with Crippen LogP contribution in [0.3, 0.4) is 0 Å². The Kier molecular flexibility index (Phi) is 7.23. The van der Waals surface area contributed by atoms with Gasteiger partial charge in [0, 0.05) is 44.4 Å². The first-order valence-electron chi connectivity index (χ1n) is 14.4. The molecule has 2 nitrogen and oxygen atoms in total. The van der Waals surface area contributed by atoms with Gasteiger partial charge < -0.3 is 9.88 Å². The Morgan fingerprint density at radius 3 is 2.40 bits per heavy atom. The molecule has 0 unspecified atom stereocenters. The number of nitrogens with zero attached hydrogens (tertiary/aromatic N) is 1. The molecule has 0 bridgehead atoms. The summed E-state index contributed by atoms with van der Waals surface area (Å²) in [6.07, 6.45) is 11.3. The van der Waals surface area contributed by atoms with E-state index in [0.29, 0.717) is 0 Å². The molecule has 5 aromatic carbocycles. The van der Waals surface area contributed by atoms with Crippen molar-refractivity contribution in [2.24, 2.45) is 0 Å². The predicted molar refractivity (Wildman–Crippen MR) is 187 cm³/mol. The molecule has 0 amide bonds. The van der Waals surface area contributed by atoms with Gasteiger partial charge >= 0.3 is 0 Å². The van der Waals surface area contributed by atoms with Gasteiger partial charge in [0.15, 0.2) is 0 Å². The monoisotopic (exact) mass is 570 g/mol. The number of benzene rings is 5. The van der Waals surface area contributed by atoms with Crippen molar-refractivity contribution in [2.75, 3.05) is 0 Å². The van der Waals surface area contributed by atoms with E-state index in [4.69, 9.17) is 6.42 Å². The van der Waals surface area contributed by atoms with E-state index in [0.717, 1.165) is 29.2 Å². The fraction of sp³-hybridized carbons (Fsp3) is 0.0500. The first-order chi connectivity index (χ1) is 21.3. The van der Waals surface area contributed by atoms with E-state index in [9.17, 15) is 0 Å². The van der Waals surface area contributed by atoms with E-state index in [-0.39, 0.29) is 0 Å². The average Bonchev–Trinajstić information content (AvgIpc) is 3.59. The normalized spacial score (nSPS) is 11.5. The Hall–Kier alpha value is -5.14. The second-order valence-electron chi connectivity index (χ2n) is 10.6. The molecule has 0 aliphatic carbocycles. The summed E-state index contributed by atoms with van der Waals surface area (Å²) in [5.74, 6) is 2.63. The van der Waals surface area contributed by atoms with Gasteiger partial charge in [-0.3, -0.25) is 0 Å². The highest BCUT2D eigenvalue weighted by molar-refractivity contribution is 7.21. The van der Waals surface area contributed by atoms with Crippen LogP contribution in [0.1, 0.15) is 21.6 Å². The van der Waals surface area contributed by atoms with E-state index < -0.39 is 0 Å². The summed E-state index contributed by atoms with van der Waals surface area (Å²) in [5.41, 5.74) is 9.61. The number of rotatable bonds is 8. The van der Waals surface area contributed by atoms with Gasteiger partial charge in [-0.25, -0.2) is 0 Å². The Morgan fingerprint density at radius 2 is 1.53 bits per heavy atom. The first-order valence-corrected chi connectivity index (χ1v) is 15.3. The molecule has 2 heterocycles. The lowest BCUT2D eigenvalue weighted by Crippen LogP contribution is -2.12. The summed E-state index contributed by atoms with van der Waals surface area (Å²) in [5, 5.41) is 7.30. The first kappa shape index (κ1) is 26.7. The minimum absolute atomic E-state index is 0.804. The summed E-state index contributed by atoms with van der Waals surface area (Å²) in [6.45, 7) is 5.76. The molecule has 3 heteroatoms. The zero-order valence-corrected chi connectivity index (χ0v) is 24.6. The molecule has 0 aliphatic heterocycles. The Bertz CT molecular complexity index is 2190. The lowest BCUT2D eigenvalue weighted by Gasteiger charge is -2.15. The minimum Gasteiger partial charge on any atom is -0.309 e. The van der Waals surface area contributed by atoms with Gasteiger partial charge in [-0.15, -0.1) is 17.8 Å². The van der Waals surface area contributed by atoms with Crippen molar-refractivity contribution in [3.63, 3.8) is 0 Å². The molecule has 2 aromatic heterocycles. The molecule has 0 spiro atoms. The Labute approximate surface area is 256 Å². The van der Waals surface area contributed by atoms with Crippen LogP contribution >= 0.6 is 11.3 Å². The summed E-state index contributed by atoms with van der Waals surface area (Å²) in [7, 11) is 0. The van der Waals surface area contributed by atoms with Crippen LogP contribution in [-0.2, 0) is 13.1 Å². The SMILES string of the molecule is C#C/C=C\c1sc2c(ccc3c2c2ccccc2n3-c2ccccc2-c2cccc(CNCc3ccccc3)c2)c1C=C. The third-order valence-corrected chi connectivity index (χ3v) is 9.18. The van der Waals surface area contributed by atoms with Gasteiger partial charge in [0.1, 0.15) is 0 Å². The molecule has 0 atom stereocenters. The van der Waals surface area contributed by atoms with Gasteiger partial charge in [-0.1, -0.05) is 110 Å². The number of nitrogens with one attached hydrogen (secondary N) is 1. The Morgan fingerprint density at radius 1 is 0.767 bits per heavy atom. The third-order valence-electron chi connectivity index (χ3n) is 7.98. The summed E-state index contributed by atoms with van der Waals surface area (Å²) >= 11 is 1.78. The van der Waals surface area contributed by atoms with Crippen LogP contribution in [0.5, 0.6) is 0 Å². The smallest absolute Gasteiger partial charge is 0.0556 e. The fourth-order valence-electron chi connectivity index (χ4n) is 6.07. The maximum atomic E-state index is 5.55. The van der Waals surface area contributed by atoms with Gasteiger partial charge in [0.25, 0.3) is 0 Å². The van der Waals surface area contributed by atoms with E-state index in [1.807, 2.05) is 12.2 Å². The Balaban J connectivity index is 1.36. The minimum atomic E-state index is 0.804. The third kappa shape index (κ3) is 4.87. The molecule has 0 saturated carbocycles. The summed E-state index contributed by atoms with van der Waals surface area (Å²) in [6, 6.07) is 41.3. The summed E-state index contributed by atoms with van der Waals surface area (Å²) in [4.78, 5) is 1.13. The molecule has 0 radical (unpaired) electrons. The second-order valence-corrected chi connectivity index (χ2v) is 11.6. The zero-order valence-electron chi connectivity index (χ0n) is 23.8. The maximum absolute atomic E-state index is 5.55. The van der Waals surface area contributed by atoms with Gasteiger partial charge in [-0.2, -0.15) is 0 Å². The van der Waals surface area contributed by atoms with Crippen molar-refractivity contribution in [1.29, 1.82) is 0 Å². The van der Waals surface area contributed by atoms with Crippen LogP contribution < -0.4 is 5.32 Å². The van der Waals surface area contributed by atoms with Crippen molar-refractivity contribution >= 4 is 55.4 Å². The van der Waals surface area contributed by atoms with E-state index >= 15 is 0 Å². The largest absolute Gasteiger partial charge is 0.309 e. The highest BCUT2D eigenvalue weighted by Gasteiger charge is 2.19. The lowest BCUT2D eigenvalue weighted by atomic mass is 10.0. The molecule has 0 aliphatic rings.